The highest BCUT2D eigenvalue weighted by Crippen LogP contribution is 2.57. The molecule has 1 aromatic heterocycles. The van der Waals surface area contributed by atoms with Gasteiger partial charge in [0.1, 0.15) is 10.5 Å². The summed E-state index contributed by atoms with van der Waals surface area (Å²) in [5.41, 5.74) is 3.70. The molecule has 0 spiro atoms. The van der Waals surface area contributed by atoms with Crippen LogP contribution < -0.4 is 0 Å². The molecule has 0 bridgehead atoms. The lowest BCUT2D eigenvalue weighted by atomic mass is 10.1. The van der Waals surface area contributed by atoms with Crippen molar-refractivity contribution in [3.05, 3.63) is 46.4 Å². The predicted octanol–water partition coefficient (Wildman–Crippen LogP) is 4.63. The molecule has 1 N–H and O–H groups in total. The van der Waals surface area contributed by atoms with Crippen LogP contribution in [0.15, 0.2) is 30.3 Å². The van der Waals surface area contributed by atoms with Crippen molar-refractivity contribution in [3.63, 3.8) is 0 Å². The Morgan fingerprint density at radius 1 is 1.26 bits per heavy atom. The van der Waals surface area contributed by atoms with Gasteiger partial charge in [-0.05, 0) is 24.3 Å². The van der Waals surface area contributed by atoms with Crippen LogP contribution in [0.4, 0.5) is 0 Å². The highest BCUT2D eigenvalue weighted by atomic mass is 32.1. The van der Waals surface area contributed by atoms with E-state index in [-0.39, 0.29) is 0 Å². The SMILES string of the molecule is Cc1c(-c2ccccc2)[nH]c(C2CC2(C)C)nc1=S. The van der Waals surface area contributed by atoms with Crippen LogP contribution in [-0.2, 0) is 0 Å². The fraction of sp³-hybridized carbons (Fsp3) is 0.375. The molecule has 0 radical (unpaired) electrons. The van der Waals surface area contributed by atoms with E-state index in [4.69, 9.17) is 12.2 Å². The second kappa shape index (κ2) is 4.27. The minimum Gasteiger partial charge on any atom is -0.343 e. The van der Waals surface area contributed by atoms with E-state index in [9.17, 15) is 0 Å². The molecule has 0 saturated heterocycles. The molecular formula is C16H18N2S. The Kier molecular flexibility index (Phi) is 2.82. The third-order valence-corrected chi connectivity index (χ3v) is 4.47. The van der Waals surface area contributed by atoms with Crippen molar-refractivity contribution in [2.24, 2.45) is 5.41 Å². The summed E-state index contributed by atoms with van der Waals surface area (Å²) in [4.78, 5) is 8.09. The average molecular weight is 270 g/mol. The van der Waals surface area contributed by atoms with Crippen molar-refractivity contribution < 1.29 is 0 Å². The maximum atomic E-state index is 5.42. The molecule has 2 nitrogen and oxygen atoms in total. The number of hydrogen-bond acceptors (Lipinski definition) is 2. The van der Waals surface area contributed by atoms with Gasteiger partial charge in [-0.15, -0.1) is 0 Å². The standard InChI is InChI=1S/C16H18N2S/c1-10-13(11-7-5-4-6-8-11)17-14(18-15(10)19)12-9-16(12,2)3/h4-8,12H,9H2,1-3H3,(H,17,18,19). The van der Waals surface area contributed by atoms with Gasteiger partial charge < -0.3 is 4.98 Å². The molecule has 0 amide bonds. The lowest BCUT2D eigenvalue weighted by molar-refractivity contribution is 0.608. The van der Waals surface area contributed by atoms with Crippen molar-refractivity contribution in [2.45, 2.75) is 33.1 Å². The molecule has 19 heavy (non-hydrogen) atoms. The number of hydrogen-bond donors (Lipinski definition) is 1. The summed E-state index contributed by atoms with van der Waals surface area (Å²) >= 11 is 5.42. The van der Waals surface area contributed by atoms with Crippen molar-refractivity contribution in [1.29, 1.82) is 0 Å². The molecule has 1 saturated carbocycles. The second-order valence-corrected chi connectivity index (χ2v) is 6.43. The summed E-state index contributed by atoms with van der Waals surface area (Å²) < 4.78 is 0.718. The third-order valence-electron chi connectivity index (χ3n) is 4.08. The van der Waals surface area contributed by atoms with Gasteiger partial charge in [-0.1, -0.05) is 56.4 Å². The van der Waals surface area contributed by atoms with E-state index in [0.29, 0.717) is 11.3 Å². The minimum absolute atomic E-state index is 0.356. The van der Waals surface area contributed by atoms with Crippen LogP contribution >= 0.6 is 12.2 Å². The zero-order chi connectivity index (χ0) is 13.6. The van der Waals surface area contributed by atoms with Gasteiger partial charge >= 0.3 is 0 Å². The van der Waals surface area contributed by atoms with Gasteiger partial charge in [0.25, 0.3) is 0 Å². The maximum absolute atomic E-state index is 5.42. The molecule has 1 unspecified atom stereocenters. The molecule has 1 atom stereocenters. The molecule has 1 aromatic carbocycles. The number of benzene rings is 1. The molecule has 1 fully saturated rings. The van der Waals surface area contributed by atoms with Gasteiger partial charge in [0.2, 0.25) is 0 Å². The molecule has 1 heterocycles. The van der Waals surface area contributed by atoms with Gasteiger partial charge in [-0.25, -0.2) is 4.98 Å². The molecule has 0 aliphatic heterocycles. The van der Waals surface area contributed by atoms with Gasteiger partial charge in [-0.2, -0.15) is 0 Å². The van der Waals surface area contributed by atoms with Crippen molar-refractivity contribution in [2.75, 3.05) is 0 Å². The zero-order valence-electron chi connectivity index (χ0n) is 11.5. The Morgan fingerprint density at radius 3 is 2.47 bits per heavy atom. The summed E-state index contributed by atoms with van der Waals surface area (Å²) in [6, 6.07) is 10.3. The Labute approximate surface area is 118 Å². The second-order valence-electron chi connectivity index (χ2n) is 6.04. The zero-order valence-corrected chi connectivity index (χ0v) is 12.3. The van der Waals surface area contributed by atoms with Crippen molar-refractivity contribution >= 4 is 12.2 Å². The largest absolute Gasteiger partial charge is 0.343 e. The molecule has 3 heteroatoms. The first-order chi connectivity index (χ1) is 8.99. The Bertz CT molecular complexity index is 671. The minimum atomic E-state index is 0.356. The van der Waals surface area contributed by atoms with Gasteiger partial charge in [0.05, 0.1) is 5.69 Å². The highest BCUT2D eigenvalue weighted by molar-refractivity contribution is 7.71. The Balaban J connectivity index is 2.13. The van der Waals surface area contributed by atoms with Crippen LogP contribution in [0.2, 0.25) is 0 Å². The van der Waals surface area contributed by atoms with E-state index in [1.165, 1.54) is 12.0 Å². The number of nitrogens with one attached hydrogen (secondary N) is 1. The maximum Gasteiger partial charge on any atom is 0.133 e. The topological polar surface area (TPSA) is 28.7 Å². The van der Waals surface area contributed by atoms with Crippen LogP contribution in [-0.4, -0.2) is 9.97 Å². The van der Waals surface area contributed by atoms with Crippen LogP contribution in [0.1, 0.15) is 37.6 Å². The predicted molar refractivity (Wildman–Crippen MR) is 80.7 cm³/mol. The quantitative estimate of drug-likeness (QED) is 0.806. The lowest BCUT2D eigenvalue weighted by Crippen LogP contribution is -2.02. The lowest BCUT2D eigenvalue weighted by Gasteiger charge is -2.10. The summed E-state index contributed by atoms with van der Waals surface area (Å²) in [7, 11) is 0. The summed E-state index contributed by atoms with van der Waals surface area (Å²) in [6.45, 7) is 6.59. The van der Waals surface area contributed by atoms with Gasteiger partial charge in [0.15, 0.2) is 0 Å². The van der Waals surface area contributed by atoms with Crippen LogP contribution in [0.5, 0.6) is 0 Å². The molecule has 2 aromatic rings. The summed E-state index contributed by atoms with van der Waals surface area (Å²) in [5.74, 6) is 1.55. The number of aromatic amines is 1. The fourth-order valence-corrected chi connectivity index (χ4v) is 2.74. The van der Waals surface area contributed by atoms with Crippen LogP contribution in [0.25, 0.3) is 11.3 Å². The molecule has 1 aliphatic rings. The van der Waals surface area contributed by atoms with E-state index in [1.807, 2.05) is 25.1 Å². The summed E-state index contributed by atoms with van der Waals surface area (Å²) in [6.07, 6.45) is 1.18. The first-order valence-corrected chi connectivity index (χ1v) is 7.06. The highest BCUT2D eigenvalue weighted by Gasteiger charge is 2.48. The van der Waals surface area contributed by atoms with E-state index >= 15 is 0 Å². The van der Waals surface area contributed by atoms with E-state index in [2.05, 4.69) is 35.9 Å². The number of aromatic nitrogens is 2. The van der Waals surface area contributed by atoms with Gasteiger partial charge in [-0.3, -0.25) is 0 Å². The monoisotopic (exact) mass is 270 g/mol. The van der Waals surface area contributed by atoms with Crippen LogP contribution in [0, 0.1) is 17.0 Å². The number of rotatable bonds is 2. The Morgan fingerprint density at radius 2 is 1.89 bits per heavy atom. The average Bonchev–Trinajstić information content (AvgIpc) is 3.03. The summed E-state index contributed by atoms with van der Waals surface area (Å²) in [5, 5.41) is 0. The van der Waals surface area contributed by atoms with Crippen LogP contribution in [0.3, 0.4) is 0 Å². The third kappa shape index (κ3) is 2.23. The van der Waals surface area contributed by atoms with E-state index < -0.39 is 0 Å². The molecule has 3 rings (SSSR count). The molecule has 98 valence electrons. The van der Waals surface area contributed by atoms with E-state index in [0.717, 1.165) is 21.7 Å². The van der Waals surface area contributed by atoms with Gasteiger partial charge in [0, 0.05) is 11.5 Å². The normalized spacial score (nSPS) is 20.3. The molecule has 1 aliphatic carbocycles. The first-order valence-electron chi connectivity index (χ1n) is 6.65. The van der Waals surface area contributed by atoms with E-state index in [1.54, 1.807) is 0 Å². The molecular weight excluding hydrogens is 252 g/mol. The first kappa shape index (κ1) is 12.5. The van der Waals surface area contributed by atoms with Crippen molar-refractivity contribution in [1.82, 2.24) is 9.97 Å². The number of H-pyrrole nitrogens is 1. The number of nitrogens with zero attached hydrogens (tertiary/aromatic N) is 1. The Hall–Kier alpha value is -1.48. The fourth-order valence-electron chi connectivity index (χ4n) is 2.54. The van der Waals surface area contributed by atoms with Crippen molar-refractivity contribution in [3.8, 4) is 11.3 Å². The smallest absolute Gasteiger partial charge is 0.133 e.